The van der Waals surface area contributed by atoms with Crippen molar-refractivity contribution in [2.24, 2.45) is 0 Å². The molecule has 0 aliphatic carbocycles. The summed E-state index contributed by atoms with van der Waals surface area (Å²) in [6, 6.07) is 3.37. The van der Waals surface area contributed by atoms with E-state index in [1.165, 1.54) is 0 Å². The Morgan fingerprint density at radius 1 is 1.25 bits per heavy atom. The first kappa shape index (κ1) is 14.6. The van der Waals surface area contributed by atoms with Crippen molar-refractivity contribution in [2.45, 2.75) is 24.0 Å². The number of alkyl halides is 5. The number of hydrogen-bond acceptors (Lipinski definition) is 4. The SMILES string of the molecule is O=[N+]([O-])c1ccc(C2OC(O)(C(F)(F)F)C2(F)F)cc1. The van der Waals surface area contributed by atoms with Gasteiger partial charge in [-0.25, -0.2) is 0 Å². The normalized spacial score (nSPS) is 28.8. The van der Waals surface area contributed by atoms with E-state index in [1.54, 1.807) is 0 Å². The predicted molar refractivity (Wildman–Crippen MR) is 52.9 cm³/mol. The summed E-state index contributed by atoms with van der Waals surface area (Å²) < 4.78 is 67.7. The maximum Gasteiger partial charge on any atom is 0.449 e. The van der Waals surface area contributed by atoms with Crippen molar-refractivity contribution >= 4 is 5.69 Å². The molecule has 0 spiro atoms. The van der Waals surface area contributed by atoms with Gasteiger partial charge in [0.1, 0.15) is 0 Å². The lowest BCUT2D eigenvalue weighted by atomic mass is 9.89. The molecule has 1 aliphatic heterocycles. The van der Waals surface area contributed by atoms with E-state index in [2.05, 4.69) is 4.74 Å². The summed E-state index contributed by atoms with van der Waals surface area (Å²) in [5.74, 6) is -9.15. The van der Waals surface area contributed by atoms with Gasteiger partial charge in [0, 0.05) is 12.1 Å². The van der Waals surface area contributed by atoms with Crippen LogP contribution in [0.4, 0.5) is 27.6 Å². The van der Waals surface area contributed by atoms with E-state index in [4.69, 9.17) is 5.11 Å². The van der Waals surface area contributed by atoms with Crippen molar-refractivity contribution in [2.75, 3.05) is 0 Å². The van der Waals surface area contributed by atoms with Crippen LogP contribution in [0.2, 0.25) is 0 Å². The molecule has 110 valence electrons. The minimum absolute atomic E-state index is 0.408. The molecule has 2 rings (SSSR count). The quantitative estimate of drug-likeness (QED) is 0.517. The topological polar surface area (TPSA) is 72.6 Å². The number of aliphatic hydroxyl groups is 1. The zero-order chi connectivity index (χ0) is 15.3. The van der Waals surface area contributed by atoms with Crippen LogP contribution in [0.5, 0.6) is 0 Å². The van der Waals surface area contributed by atoms with Crippen molar-refractivity contribution in [1.82, 2.24) is 0 Å². The third-order valence-electron chi connectivity index (χ3n) is 2.86. The maximum atomic E-state index is 13.5. The number of non-ortho nitro benzene ring substituents is 1. The van der Waals surface area contributed by atoms with Gasteiger partial charge in [0.2, 0.25) is 0 Å². The molecule has 5 nitrogen and oxygen atoms in total. The van der Waals surface area contributed by atoms with E-state index in [9.17, 15) is 32.1 Å². The van der Waals surface area contributed by atoms with Crippen LogP contribution < -0.4 is 0 Å². The number of nitrogens with zero attached hydrogens (tertiary/aromatic N) is 1. The molecule has 0 amide bonds. The Balaban J connectivity index is 2.27. The van der Waals surface area contributed by atoms with E-state index in [0.29, 0.717) is 0 Å². The second kappa shape index (κ2) is 4.09. The number of nitro groups is 1. The zero-order valence-electron chi connectivity index (χ0n) is 9.40. The highest BCUT2D eigenvalue weighted by molar-refractivity contribution is 5.36. The molecule has 0 saturated carbocycles. The first-order valence-electron chi connectivity index (χ1n) is 5.10. The standard InChI is InChI=1S/C10H6F5NO4/c11-8(12)7(20-9(8,17)10(13,14)15)5-1-3-6(4-2-5)16(18)19/h1-4,7,17H. The monoisotopic (exact) mass is 299 g/mol. The van der Waals surface area contributed by atoms with Gasteiger partial charge in [0.05, 0.1) is 4.92 Å². The molecule has 1 fully saturated rings. The number of ether oxygens (including phenoxy) is 1. The van der Waals surface area contributed by atoms with Crippen LogP contribution in [-0.4, -0.2) is 27.9 Å². The predicted octanol–water partition coefficient (Wildman–Crippen LogP) is 2.55. The smallest absolute Gasteiger partial charge is 0.354 e. The molecular formula is C10H6F5NO4. The molecule has 20 heavy (non-hydrogen) atoms. The van der Waals surface area contributed by atoms with Crippen molar-refractivity contribution < 1.29 is 36.7 Å². The Bertz CT molecular complexity index is 544. The molecule has 0 bridgehead atoms. The second-order valence-electron chi connectivity index (χ2n) is 4.11. The lowest BCUT2D eigenvalue weighted by Gasteiger charge is -2.50. The first-order valence-corrected chi connectivity index (χ1v) is 5.10. The van der Waals surface area contributed by atoms with Crippen molar-refractivity contribution in [3.63, 3.8) is 0 Å². The van der Waals surface area contributed by atoms with Crippen LogP contribution in [0.15, 0.2) is 24.3 Å². The Kier molecular flexibility index (Phi) is 2.99. The molecule has 2 unspecified atom stereocenters. The molecule has 2 atom stereocenters. The largest absolute Gasteiger partial charge is 0.449 e. The van der Waals surface area contributed by atoms with Crippen LogP contribution in [0.25, 0.3) is 0 Å². The third kappa shape index (κ3) is 1.83. The summed E-state index contributed by atoms with van der Waals surface area (Å²) in [6.45, 7) is 0. The summed E-state index contributed by atoms with van der Waals surface area (Å²) in [5.41, 5.74) is -0.822. The fraction of sp³-hybridized carbons (Fsp3) is 0.400. The van der Waals surface area contributed by atoms with Gasteiger partial charge < -0.3 is 9.84 Å². The molecule has 1 aliphatic rings. The molecule has 0 aromatic heterocycles. The fourth-order valence-electron chi connectivity index (χ4n) is 1.75. The van der Waals surface area contributed by atoms with Crippen molar-refractivity contribution in [3.8, 4) is 0 Å². The number of benzene rings is 1. The molecule has 0 radical (unpaired) electrons. The van der Waals surface area contributed by atoms with Crippen molar-refractivity contribution in [3.05, 3.63) is 39.9 Å². The number of nitro benzene ring substituents is 1. The molecule has 1 saturated heterocycles. The highest BCUT2D eigenvalue weighted by Crippen LogP contribution is 2.60. The Morgan fingerprint density at radius 2 is 1.75 bits per heavy atom. The third-order valence-corrected chi connectivity index (χ3v) is 2.86. The Morgan fingerprint density at radius 3 is 2.10 bits per heavy atom. The number of rotatable bonds is 2. The van der Waals surface area contributed by atoms with E-state index in [-0.39, 0.29) is 0 Å². The average Bonchev–Trinajstić information content (AvgIpc) is 2.34. The average molecular weight is 299 g/mol. The van der Waals surface area contributed by atoms with E-state index >= 15 is 0 Å². The van der Waals surface area contributed by atoms with Gasteiger partial charge in [-0.15, -0.1) is 0 Å². The fourth-order valence-corrected chi connectivity index (χ4v) is 1.75. The van der Waals surface area contributed by atoms with Crippen LogP contribution in [0.3, 0.4) is 0 Å². The summed E-state index contributed by atoms with van der Waals surface area (Å²) in [5, 5.41) is 19.2. The summed E-state index contributed by atoms with van der Waals surface area (Å²) in [6.07, 6.45) is -7.98. The molecule has 1 heterocycles. The number of halogens is 5. The lowest BCUT2D eigenvalue weighted by Crippen LogP contribution is -2.72. The van der Waals surface area contributed by atoms with Gasteiger partial charge in [-0.1, -0.05) is 0 Å². The minimum atomic E-state index is -5.66. The molecule has 1 N–H and O–H groups in total. The Hall–Kier alpha value is -1.81. The molecule has 10 heteroatoms. The zero-order valence-corrected chi connectivity index (χ0v) is 9.40. The second-order valence-corrected chi connectivity index (χ2v) is 4.11. The summed E-state index contributed by atoms with van der Waals surface area (Å²) in [7, 11) is 0. The van der Waals surface area contributed by atoms with Crippen molar-refractivity contribution in [1.29, 1.82) is 0 Å². The van der Waals surface area contributed by atoms with Gasteiger partial charge in [-0.2, -0.15) is 22.0 Å². The highest BCUT2D eigenvalue weighted by Gasteiger charge is 2.82. The summed E-state index contributed by atoms with van der Waals surface area (Å²) in [4.78, 5) is 9.57. The number of hydrogen-bond donors (Lipinski definition) is 1. The van der Waals surface area contributed by atoms with E-state index in [1.807, 2.05) is 0 Å². The maximum absolute atomic E-state index is 13.5. The van der Waals surface area contributed by atoms with Gasteiger partial charge in [0.25, 0.3) is 5.69 Å². The van der Waals surface area contributed by atoms with Gasteiger partial charge >= 0.3 is 17.9 Å². The van der Waals surface area contributed by atoms with Crippen LogP contribution in [-0.2, 0) is 4.74 Å². The van der Waals surface area contributed by atoms with Gasteiger partial charge in [-0.3, -0.25) is 10.1 Å². The highest BCUT2D eigenvalue weighted by atomic mass is 19.4. The van der Waals surface area contributed by atoms with Crippen LogP contribution in [0, 0.1) is 10.1 Å². The minimum Gasteiger partial charge on any atom is -0.354 e. The molecule has 1 aromatic rings. The van der Waals surface area contributed by atoms with E-state index in [0.717, 1.165) is 24.3 Å². The lowest BCUT2D eigenvalue weighted by molar-refractivity contribution is -0.528. The first-order chi connectivity index (χ1) is 9.00. The molecular weight excluding hydrogens is 293 g/mol. The van der Waals surface area contributed by atoms with Gasteiger partial charge in [0.15, 0.2) is 6.10 Å². The van der Waals surface area contributed by atoms with Gasteiger partial charge in [-0.05, 0) is 17.7 Å². The van der Waals surface area contributed by atoms with Crippen LogP contribution >= 0.6 is 0 Å². The molecule has 1 aromatic carbocycles. The Labute approximate surface area is 107 Å². The van der Waals surface area contributed by atoms with Crippen LogP contribution in [0.1, 0.15) is 11.7 Å². The van der Waals surface area contributed by atoms with E-state index < -0.39 is 40.2 Å². The summed E-state index contributed by atoms with van der Waals surface area (Å²) >= 11 is 0.